The van der Waals surface area contributed by atoms with Crippen molar-refractivity contribution < 1.29 is 8.78 Å². The molecule has 2 aromatic rings. The fourth-order valence-corrected chi connectivity index (χ4v) is 1.71. The van der Waals surface area contributed by atoms with E-state index < -0.39 is 11.6 Å². The molecule has 1 aromatic heterocycles. The Hall–Kier alpha value is -2.19. The molecule has 2 rings (SSSR count). The molecule has 0 aliphatic heterocycles. The zero-order chi connectivity index (χ0) is 13.8. The van der Waals surface area contributed by atoms with Crippen LogP contribution in [0.3, 0.4) is 0 Å². The molecule has 0 spiro atoms. The van der Waals surface area contributed by atoms with E-state index in [0.29, 0.717) is 16.9 Å². The molecule has 0 bridgehead atoms. The molecule has 0 amide bonds. The minimum atomic E-state index is -0.641. The molecular weight excluding hydrogens is 272 g/mol. The second-order valence-corrected chi connectivity index (χ2v) is 4.16. The van der Waals surface area contributed by atoms with Gasteiger partial charge in [0.15, 0.2) is 0 Å². The Bertz CT molecular complexity index is 653. The molecule has 96 valence electrons. The lowest BCUT2D eigenvalue weighted by molar-refractivity contribution is 0.574. The van der Waals surface area contributed by atoms with Crippen molar-refractivity contribution in [3.05, 3.63) is 58.2 Å². The van der Waals surface area contributed by atoms with Gasteiger partial charge in [-0.1, -0.05) is 17.7 Å². The monoisotopic (exact) mass is 279 g/mol. The summed E-state index contributed by atoms with van der Waals surface area (Å²) < 4.78 is 26.1. The smallest absolute Gasteiger partial charge is 0.145 e. The Morgan fingerprint density at radius 2 is 2.11 bits per heavy atom. The van der Waals surface area contributed by atoms with Crippen LogP contribution in [0.4, 0.5) is 14.6 Å². The van der Waals surface area contributed by atoms with Gasteiger partial charge in [0, 0.05) is 24.4 Å². The van der Waals surface area contributed by atoms with E-state index in [0.717, 1.165) is 6.07 Å². The van der Waals surface area contributed by atoms with E-state index in [-0.39, 0.29) is 11.6 Å². The summed E-state index contributed by atoms with van der Waals surface area (Å²) in [6, 6.07) is 6.69. The lowest BCUT2D eigenvalue weighted by atomic mass is 10.2. The number of pyridine rings is 1. The lowest BCUT2D eigenvalue weighted by Crippen LogP contribution is -2.04. The van der Waals surface area contributed by atoms with E-state index in [1.54, 1.807) is 0 Å². The third-order valence-electron chi connectivity index (χ3n) is 2.43. The van der Waals surface area contributed by atoms with E-state index in [9.17, 15) is 8.78 Å². The van der Waals surface area contributed by atoms with Gasteiger partial charge in [-0.15, -0.1) is 0 Å². The second kappa shape index (κ2) is 5.63. The number of halogens is 3. The summed E-state index contributed by atoms with van der Waals surface area (Å²) in [6.45, 7) is 0.116. The van der Waals surface area contributed by atoms with Gasteiger partial charge in [0.1, 0.15) is 23.5 Å². The van der Waals surface area contributed by atoms with Crippen LogP contribution >= 0.6 is 11.6 Å². The third-order valence-corrected chi connectivity index (χ3v) is 2.72. The molecule has 0 fully saturated rings. The zero-order valence-corrected chi connectivity index (χ0v) is 10.4. The Labute approximate surface area is 113 Å². The van der Waals surface area contributed by atoms with Crippen molar-refractivity contribution in [1.82, 2.24) is 4.98 Å². The molecule has 1 aromatic carbocycles. The summed E-state index contributed by atoms with van der Waals surface area (Å²) in [5.41, 5.74) is 0.632. The van der Waals surface area contributed by atoms with E-state index in [2.05, 4.69) is 10.3 Å². The normalized spacial score (nSPS) is 10.0. The maximum Gasteiger partial charge on any atom is 0.145 e. The maximum atomic E-state index is 13.4. The van der Waals surface area contributed by atoms with Crippen LogP contribution in [0, 0.1) is 23.0 Å². The molecule has 0 atom stereocenters. The summed E-state index contributed by atoms with van der Waals surface area (Å²) in [4.78, 5) is 3.95. The molecule has 0 aliphatic carbocycles. The van der Waals surface area contributed by atoms with Crippen LogP contribution in [0.2, 0.25) is 5.02 Å². The first-order valence-electron chi connectivity index (χ1n) is 5.33. The third kappa shape index (κ3) is 3.18. The summed E-state index contributed by atoms with van der Waals surface area (Å²) in [6.07, 6.45) is 1.36. The Morgan fingerprint density at radius 1 is 1.32 bits per heavy atom. The van der Waals surface area contributed by atoms with Gasteiger partial charge in [-0.05, 0) is 12.1 Å². The number of hydrogen-bond acceptors (Lipinski definition) is 3. The van der Waals surface area contributed by atoms with Crippen LogP contribution in [-0.4, -0.2) is 4.98 Å². The summed E-state index contributed by atoms with van der Waals surface area (Å²) >= 11 is 5.91. The van der Waals surface area contributed by atoms with Crippen molar-refractivity contribution in [3.8, 4) is 6.07 Å². The molecule has 6 heteroatoms. The predicted octanol–water partition coefficient (Wildman–Crippen LogP) is 3.50. The van der Waals surface area contributed by atoms with E-state index in [1.807, 2.05) is 6.07 Å². The average molecular weight is 280 g/mol. The summed E-state index contributed by atoms with van der Waals surface area (Å²) in [5.74, 6) is -0.933. The van der Waals surface area contributed by atoms with Gasteiger partial charge in [-0.25, -0.2) is 13.8 Å². The van der Waals surface area contributed by atoms with Gasteiger partial charge < -0.3 is 5.32 Å². The number of nitriles is 1. The minimum Gasteiger partial charge on any atom is -0.365 e. The number of anilines is 1. The highest BCUT2D eigenvalue weighted by Crippen LogP contribution is 2.21. The number of hydrogen-bond donors (Lipinski definition) is 1. The van der Waals surface area contributed by atoms with Crippen molar-refractivity contribution in [2.24, 2.45) is 0 Å². The first kappa shape index (κ1) is 13.2. The van der Waals surface area contributed by atoms with Crippen molar-refractivity contribution >= 4 is 17.4 Å². The number of benzene rings is 1. The van der Waals surface area contributed by atoms with Crippen LogP contribution in [0.25, 0.3) is 0 Å². The highest BCUT2D eigenvalue weighted by Gasteiger charge is 2.06. The number of nitrogens with zero attached hydrogens (tertiary/aromatic N) is 2. The molecule has 0 saturated heterocycles. The van der Waals surface area contributed by atoms with Crippen molar-refractivity contribution in [1.29, 1.82) is 5.26 Å². The predicted molar refractivity (Wildman–Crippen MR) is 67.6 cm³/mol. The maximum absolute atomic E-state index is 13.4. The highest BCUT2D eigenvalue weighted by atomic mass is 35.5. The van der Waals surface area contributed by atoms with Crippen molar-refractivity contribution in [2.75, 3.05) is 5.32 Å². The van der Waals surface area contributed by atoms with Crippen LogP contribution < -0.4 is 5.32 Å². The number of nitrogens with one attached hydrogen (secondary N) is 1. The number of aromatic nitrogens is 1. The Kier molecular flexibility index (Phi) is 3.93. The van der Waals surface area contributed by atoms with E-state index >= 15 is 0 Å². The molecule has 3 nitrogen and oxygen atoms in total. The van der Waals surface area contributed by atoms with Gasteiger partial charge >= 0.3 is 0 Å². The summed E-state index contributed by atoms with van der Waals surface area (Å²) in [7, 11) is 0. The van der Waals surface area contributed by atoms with Gasteiger partial charge in [0.25, 0.3) is 0 Å². The first-order chi connectivity index (χ1) is 9.10. The van der Waals surface area contributed by atoms with Crippen LogP contribution in [0.1, 0.15) is 11.1 Å². The summed E-state index contributed by atoms with van der Waals surface area (Å²) in [5, 5.41) is 11.8. The molecular formula is C13H8ClF2N3. The lowest BCUT2D eigenvalue weighted by Gasteiger charge is -2.08. The quantitative estimate of drug-likeness (QED) is 0.935. The molecule has 0 saturated carbocycles. The molecule has 0 radical (unpaired) electrons. The van der Waals surface area contributed by atoms with Gasteiger partial charge in [-0.3, -0.25) is 0 Å². The zero-order valence-electron chi connectivity index (χ0n) is 9.62. The van der Waals surface area contributed by atoms with Crippen LogP contribution in [-0.2, 0) is 6.54 Å². The van der Waals surface area contributed by atoms with Crippen molar-refractivity contribution in [2.45, 2.75) is 6.54 Å². The molecule has 0 unspecified atom stereocenters. The second-order valence-electron chi connectivity index (χ2n) is 3.76. The standard InChI is InChI=1S/C13H8ClF2N3/c14-11-3-8(5-17)6-18-13(11)19-7-9-1-2-10(15)4-12(9)16/h1-4,6H,7H2,(H,18,19). The first-order valence-corrected chi connectivity index (χ1v) is 5.71. The molecule has 0 aliphatic rings. The Balaban J connectivity index is 2.13. The Morgan fingerprint density at radius 3 is 2.74 bits per heavy atom. The topological polar surface area (TPSA) is 48.7 Å². The van der Waals surface area contributed by atoms with Gasteiger partial charge in [0.2, 0.25) is 0 Å². The minimum absolute atomic E-state index is 0.116. The van der Waals surface area contributed by atoms with E-state index in [1.165, 1.54) is 24.4 Å². The van der Waals surface area contributed by atoms with E-state index in [4.69, 9.17) is 16.9 Å². The SMILES string of the molecule is N#Cc1cnc(NCc2ccc(F)cc2F)c(Cl)c1. The van der Waals surface area contributed by atoms with Crippen LogP contribution in [0.15, 0.2) is 30.5 Å². The molecule has 1 heterocycles. The highest BCUT2D eigenvalue weighted by molar-refractivity contribution is 6.33. The molecule has 19 heavy (non-hydrogen) atoms. The van der Waals surface area contributed by atoms with Crippen molar-refractivity contribution in [3.63, 3.8) is 0 Å². The fourth-order valence-electron chi connectivity index (χ4n) is 1.47. The van der Waals surface area contributed by atoms with Gasteiger partial charge in [-0.2, -0.15) is 5.26 Å². The fraction of sp³-hybridized carbons (Fsp3) is 0.0769. The molecule has 1 N–H and O–H groups in total. The largest absolute Gasteiger partial charge is 0.365 e. The van der Waals surface area contributed by atoms with Gasteiger partial charge in [0.05, 0.1) is 10.6 Å². The number of rotatable bonds is 3. The van der Waals surface area contributed by atoms with Crippen LogP contribution in [0.5, 0.6) is 0 Å². The average Bonchev–Trinajstić information content (AvgIpc) is 2.39.